The van der Waals surface area contributed by atoms with Crippen molar-refractivity contribution in [1.82, 2.24) is 10.2 Å². The van der Waals surface area contributed by atoms with Crippen molar-refractivity contribution in [3.05, 3.63) is 0 Å². The molecule has 1 fully saturated rings. The summed E-state index contributed by atoms with van der Waals surface area (Å²) in [4.78, 5) is 34.7. The fourth-order valence-corrected chi connectivity index (χ4v) is 1.60. The number of hydrogen-bond acceptors (Lipinski definition) is 3. The van der Waals surface area contributed by atoms with Crippen LogP contribution in [0, 0.1) is 5.92 Å². The van der Waals surface area contributed by atoms with Crippen LogP contribution in [-0.2, 0) is 14.4 Å². The number of rotatable bonds is 4. The van der Waals surface area contributed by atoms with E-state index in [1.54, 1.807) is 11.9 Å². The van der Waals surface area contributed by atoms with Crippen LogP contribution in [0.4, 0.5) is 0 Å². The van der Waals surface area contributed by atoms with Crippen LogP contribution in [-0.4, -0.2) is 47.9 Å². The molecule has 2 N–H and O–H groups in total. The van der Waals surface area contributed by atoms with Crippen molar-refractivity contribution in [2.45, 2.75) is 19.3 Å². The number of carboxylic acid groups (broad SMARTS) is 1. The van der Waals surface area contributed by atoms with Crippen LogP contribution in [0.3, 0.4) is 0 Å². The van der Waals surface area contributed by atoms with Gasteiger partial charge in [0.1, 0.15) is 0 Å². The summed E-state index contributed by atoms with van der Waals surface area (Å²) >= 11 is 0. The molecule has 0 spiro atoms. The quantitative estimate of drug-likeness (QED) is 0.675. The zero-order valence-corrected chi connectivity index (χ0v) is 9.23. The summed E-state index contributed by atoms with van der Waals surface area (Å²) in [6.07, 6.45) is 0.767. The molecule has 0 saturated carbocycles. The Bertz CT molecular complexity index is 303. The number of carbonyl (C=O) groups excluding carboxylic acids is 2. The number of hydrogen-bond donors (Lipinski definition) is 2. The van der Waals surface area contributed by atoms with Crippen molar-refractivity contribution in [2.24, 2.45) is 5.92 Å². The third kappa shape index (κ3) is 3.52. The van der Waals surface area contributed by atoms with Crippen LogP contribution in [0.15, 0.2) is 0 Å². The number of nitrogens with zero attached hydrogens (tertiary/aromatic N) is 1. The normalized spacial score (nSPS) is 20.7. The van der Waals surface area contributed by atoms with Crippen LogP contribution in [0.2, 0.25) is 0 Å². The first-order valence-electron chi connectivity index (χ1n) is 5.24. The van der Waals surface area contributed by atoms with E-state index >= 15 is 0 Å². The average molecular weight is 228 g/mol. The Hall–Kier alpha value is -1.59. The molecule has 90 valence electrons. The van der Waals surface area contributed by atoms with E-state index in [1.165, 1.54) is 0 Å². The van der Waals surface area contributed by atoms with E-state index in [0.29, 0.717) is 13.0 Å². The molecular weight excluding hydrogens is 212 g/mol. The van der Waals surface area contributed by atoms with E-state index in [1.807, 2.05) is 0 Å². The second-order valence-electron chi connectivity index (χ2n) is 3.94. The number of aliphatic carboxylic acids is 1. The minimum atomic E-state index is -0.945. The van der Waals surface area contributed by atoms with E-state index in [9.17, 15) is 14.4 Å². The van der Waals surface area contributed by atoms with Gasteiger partial charge in [0.05, 0.1) is 6.42 Å². The second-order valence-corrected chi connectivity index (χ2v) is 3.94. The van der Waals surface area contributed by atoms with E-state index in [-0.39, 0.29) is 37.1 Å². The maximum absolute atomic E-state index is 11.6. The van der Waals surface area contributed by atoms with Gasteiger partial charge >= 0.3 is 5.97 Å². The van der Waals surface area contributed by atoms with Crippen molar-refractivity contribution in [3.63, 3.8) is 0 Å². The van der Waals surface area contributed by atoms with Crippen LogP contribution < -0.4 is 5.32 Å². The standard InChI is InChI=1S/C10H16N2O4/c1-12-5-3-7(6-8(12)13)10(16)11-4-2-9(14)15/h7H,2-6H2,1H3,(H,11,16)(H,14,15). The monoisotopic (exact) mass is 228 g/mol. The predicted molar refractivity (Wildman–Crippen MR) is 55.6 cm³/mol. The molecule has 0 aliphatic carbocycles. The molecule has 2 amide bonds. The van der Waals surface area contributed by atoms with Gasteiger partial charge in [-0.05, 0) is 6.42 Å². The number of carboxylic acids is 1. The number of amides is 2. The SMILES string of the molecule is CN1CCC(C(=O)NCCC(=O)O)CC1=O. The highest BCUT2D eigenvalue weighted by atomic mass is 16.4. The van der Waals surface area contributed by atoms with Crippen LogP contribution in [0.25, 0.3) is 0 Å². The largest absolute Gasteiger partial charge is 0.481 e. The number of carbonyl (C=O) groups is 3. The van der Waals surface area contributed by atoms with Gasteiger partial charge in [-0.25, -0.2) is 0 Å². The Balaban J connectivity index is 2.32. The number of nitrogens with one attached hydrogen (secondary N) is 1. The molecule has 1 heterocycles. The Labute approximate surface area is 93.6 Å². The van der Waals surface area contributed by atoms with E-state index in [4.69, 9.17) is 5.11 Å². The predicted octanol–water partition coefficient (Wildman–Crippen LogP) is -0.554. The van der Waals surface area contributed by atoms with E-state index in [2.05, 4.69) is 5.32 Å². The summed E-state index contributed by atoms with van der Waals surface area (Å²) in [6, 6.07) is 0. The third-order valence-electron chi connectivity index (χ3n) is 2.67. The summed E-state index contributed by atoms with van der Waals surface area (Å²) in [6.45, 7) is 0.699. The van der Waals surface area contributed by atoms with Gasteiger partial charge in [0.2, 0.25) is 11.8 Å². The zero-order chi connectivity index (χ0) is 12.1. The van der Waals surface area contributed by atoms with Crippen LogP contribution in [0.5, 0.6) is 0 Å². The molecule has 1 aliphatic heterocycles. The van der Waals surface area contributed by atoms with Gasteiger partial charge in [0.25, 0.3) is 0 Å². The van der Waals surface area contributed by atoms with Crippen molar-refractivity contribution < 1.29 is 19.5 Å². The van der Waals surface area contributed by atoms with Gasteiger partial charge in [-0.2, -0.15) is 0 Å². The Morgan fingerprint density at radius 1 is 1.56 bits per heavy atom. The van der Waals surface area contributed by atoms with Gasteiger partial charge in [-0.3, -0.25) is 14.4 Å². The lowest BCUT2D eigenvalue weighted by Gasteiger charge is -2.27. The second kappa shape index (κ2) is 5.48. The molecule has 16 heavy (non-hydrogen) atoms. The molecule has 1 unspecified atom stereocenters. The summed E-state index contributed by atoms with van der Waals surface area (Å²) in [5.74, 6) is -1.51. The van der Waals surface area contributed by atoms with Gasteiger partial charge in [0.15, 0.2) is 0 Å². The summed E-state index contributed by atoms with van der Waals surface area (Å²) in [5.41, 5.74) is 0. The average Bonchev–Trinajstić information content (AvgIpc) is 2.21. The van der Waals surface area contributed by atoms with Crippen molar-refractivity contribution in [2.75, 3.05) is 20.1 Å². The maximum atomic E-state index is 11.6. The highest BCUT2D eigenvalue weighted by Crippen LogP contribution is 2.16. The van der Waals surface area contributed by atoms with Gasteiger partial charge in [-0.15, -0.1) is 0 Å². The summed E-state index contributed by atoms with van der Waals surface area (Å²) in [5, 5.41) is 10.9. The van der Waals surface area contributed by atoms with Gasteiger partial charge in [0, 0.05) is 32.5 Å². The number of likely N-dealkylation sites (tertiary alicyclic amines) is 1. The molecule has 0 aromatic heterocycles. The van der Waals surface area contributed by atoms with Crippen molar-refractivity contribution >= 4 is 17.8 Å². The van der Waals surface area contributed by atoms with Crippen molar-refractivity contribution in [1.29, 1.82) is 0 Å². The number of piperidine rings is 1. The van der Waals surface area contributed by atoms with Crippen LogP contribution >= 0.6 is 0 Å². The highest BCUT2D eigenvalue weighted by Gasteiger charge is 2.28. The molecule has 1 atom stereocenters. The Morgan fingerprint density at radius 3 is 2.81 bits per heavy atom. The molecular formula is C10H16N2O4. The highest BCUT2D eigenvalue weighted by molar-refractivity contribution is 5.87. The molecule has 0 bridgehead atoms. The Kier molecular flexibility index (Phi) is 4.28. The molecule has 6 heteroatoms. The molecule has 1 rings (SSSR count). The minimum absolute atomic E-state index is 0.0374. The Morgan fingerprint density at radius 2 is 2.25 bits per heavy atom. The minimum Gasteiger partial charge on any atom is -0.481 e. The first-order chi connectivity index (χ1) is 7.50. The molecule has 0 aromatic rings. The molecule has 0 aromatic carbocycles. The fourth-order valence-electron chi connectivity index (χ4n) is 1.60. The topological polar surface area (TPSA) is 86.7 Å². The molecule has 1 saturated heterocycles. The molecule has 0 radical (unpaired) electrons. The van der Waals surface area contributed by atoms with Gasteiger partial charge < -0.3 is 15.3 Å². The van der Waals surface area contributed by atoms with E-state index in [0.717, 1.165) is 0 Å². The molecule has 1 aliphatic rings. The van der Waals surface area contributed by atoms with Crippen LogP contribution in [0.1, 0.15) is 19.3 Å². The first-order valence-corrected chi connectivity index (χ1v) is 5.24. The molecule has 6 nitrogen and oxygen atoms in total. The lowest BCUT2D eigenvalue weighted by Crippen LogP contribution is -2.42. The van der Waals surface area contributed by atoms with Gasteiger partial charge in [-0.1, -0.05) is 0 Å². The fraction of sp³-hybridized carbons (Fsp3) is 0.700. The summed E-state index contributed by atoms with van der Waals surface area (Å²) < 4.78 is 0. The summed E-state index contributed by atoms with van der Waals surface area (Å²) in [7, 11) is 1.71. The maximum Gasteiger partial charge on any atom is 0.305 e. The lowest BCUT2D eigenvalue weighted by molar-refractivity contribution is -0.140. The first kappa shape index (κ1) is 12.5. The smallest absolute Gasteiger partial charge is 0.305 e. The van der Waals surface area contributed by atoms with Crippen molar-refractivity contribution in [3.8, 4) is 0 Å². The van der Waals surface area contributed by atoms with E-state index < -0.39 is 5.97 Å². The third-order valence-corrected chi connectivity index (χ3v) is 2.67. The lowest BCUT2D eigenvalue weighted by atomic mass is 9.95. The zero-order valence-electron chi connectivity index (χ0n) is 9.23.